The van der Waals surface area contributed by atoms with Crippen molar-refractivity contribution < 1.29 is 9.84 Å². The Kier molecular flexibility index (Phi) is 4.22. The lowest BCUT2D eigenvalue weighted by molar-refractivity contribution is 0.330. The van der Waals surface area contributed by atoms with E-state index in [9.17, 15) is 5.11 Å². The number of ether oxygens (including phenoxy) is 1. The van der Waals surface area contributed by atoms with Gasteiger partial charge in [0.1, 0.15) is 11.5 Å². The van der Waals surface area contributed by atoms with Gasteiger partial charge in [0.15, 0.2) is 6.73 Å². The summed E-state index contributed by atoms with van der Waals surface area (Å²) in [4.78, 5) is 7.08. The van der Waals surface area contributed by atoms with Gasteiger partial charge in [0.2, 0.25) is 0 Å². The molecule has 120 valence electrons. The van der Waals surface area contributed by atoms with Gasteiger partial charge in [-0.25, -0.2) is 4.98 Å². The molecule has 0 aliphatic rings. The fourth-order valence-corrected chi connectivity index (χ4v) is 2.67. The van der Waals surface area contributed by atoms with E-state index in [0.29, 0.717) is 11.4 Å². The number of nitrogens with zero attached hydrogens (tertiary/aromatic N) is 4. The third-order valence-electron chi connectivity index (χ3n) is 3.84. The summed E-state index contributed by atoms with van der Waals surface area (Å²) in [5.41, 5.74) is 12.7. The van der Waals surface area contributed by atoms with E-state index >= 15 is 0 Å². The van der Waals surface area contributed by atoms with Crippen molar-refractivity contribution in [1.82, 2.24) is 4.98 Å². The van der Waals surface area contributed by atoms with Crippen molar-refractivity contribution in [3.05, 3.63) is 64.2 Å². The summed E-state index contributed by atoms with van der Waals surface area (Å²) in [6.07, 6.45) is 0. The van der Waals surface area contributed by atoms with E-state index in [1.54, 1.807) is 13.0 Å². The standard InChI is InChI=1S/C18H16N4O2/c1-11-4-3-5-17(24-10-20-22-19)18(11)13-6-7-15-14(8-13)9-16(23)12(2)21-15/h3-9,23H,10H2,1-2H3. The third kappa shape index (κ3) is 2.95. The van der Waals surface area contributed by atoms with Crippen LogP contribution in [0.5, 0.6) is 11.5 Å². The molecule has 1 N–H and O–H groups in total. The number of hydrogen-bond acceptors (Lipinski definition) is 4. The maximum absolute atomic E-state index is 9.90. The summed E-state index contributed by atoms with van der Waals surface area (Å²) in [6, 6.07) is 13.3. The van der Waals surface area contributed by atoms with Gasteiger partial charge >= 0.3 is 0 Å². The van der Waals surface area contributed by atoms with Gasteiger partial charge in [-0.05, 0) is 54.8 Å². The molecule has 1 aromatic heterocycles. The summed E-state index contributed by atoms with van der Waals surface area (Å²) in [6.45, 7) is 3.69. The van der Waals surface area contributed by atoms with Crippen LogP contribution >= 0.6 is 0 Å². The molecule has 3 rings (SSSR count). The van der Waals surface area contributed by atoms with Crippen molar-refractivity contribution in [1.29, 1.82) is 0 Å². The quantitative estimate of drug-likeness (QED) is 0.422. The van der Waals surface area contributed by atoms with Crippen LogP contribution in [0.15, 0.2) is 47.6 Å². The average molecular weight is 320 g/mol. The first-order valence-electron chi connectivity index (χ1n) is 7.44. The molecule has 0 unspecified atom stereocenters. The highest BCUT2D eigenvalue weighted by Gasteiger charge is 2.11. The lowest BCUT2D eigenvalue weighted by Crippen LogP contribution is -1.96. The summed E-state index contributed by atoms with van der Waals surface area (Å²) in [5.74, 6) is 0.815. The van der Waals surface area contributed by atoms with E-state index in [0.717, 1.165) is 27.6 Å². The molecule has 0 spiro atoms. The highest BCUT2D eigenvalue weighted by Crippen LogP contribution is 2.35. The molecule has 0 bridgehead atoms. The largest absolute Gasteiger partial charge is 0.506 e. The van der Waals surface area contributed by atoms with Crippen molar-refractivity contribution in [2.45, 2.75) is 13.8 Å². The second-order valence-electron chi connectivity index (χ2n) is 5.45. The Balaban J connectivity index is 2.12. The molecule has 0 saturated heterocycles. The Morgan fingerprint density at radius 2 is 2.04 bits per heavy atom. The second kappa shape index (κ2) is 6.48. The minimum Gasteiger partial charge on any atom is -0.506 e. The van der Waals surface area contributed by atoms with Crippen LogP contribution in [0.1, 0.15) is 11.3 Å². The van der Waals surface area contributed by atoms with Gasteiger partial charge in [0.05, 0.1) is 11.2 Å². The van der Waals surface area contributed by atoms with Crippen molar-refractivity contribution in [3.8, 4) is 22.6 Å². The number of hydrogen-bond donors (Lipinski definition) is 1. The number of pyridine rings is 1. The average Bonchev–Trinajstić information content (AvgIpc) is 2.56. The van der Waals surface area contributed by atoms with Crippen molar-refractivity contribution >= 4 is 10.9 Å². The molecule has 0 fully saturated rings. The van der Waals surface area contributed by atoms with Crippen LogP contribution < -0.4 is 4.74 Å². The molecule has 1 heterocycles. The fraction of sp³-hybridized carbons (Fsp3) is 0.167. The molecule has 0 radical (unpaired) electrons. The van der Waals surface area contributed by atoms with E-state index in [-0.39, 0.29) is 12.5 Å². The summed E-state index contributed by atoms with van der Waals surface area (Å²) >= 11 is 0. The number of aromatic nitrogens is 1. The smallest absolute Gasteiger partial charge is 0.167 e. The van der Waals surface area contributed by atoms with Crippen LogP contribution in [0.2, 0.25) is 0 Å². The first kappa shape index (κ1) is 15.6. The molecule has 0 atom stereocenters. The highest BCUT2D eigenvalue weighted by atomic mass is 16.5. The second-order valence-corrected chi connectivity index (χ2v) is 5.45. The number of azide groups is 1. The molecule has 0 amide bonds. The minimum absolute atomic E-state index is 0.0674. The number of aryl methyl sites for hydroxylation is 2. The number of benzene rings is 2. The number of fused-ring (bicyclic) bond motifs is 1. The zero-order valence-electron chi connectivity index (χ0n) is 13.4. The van der Waals surface area contributed by atoms with Gasteiger partial charge in [-0.1, -0.05) is 23.3 Å². The molecular formula is C18H16N4O2. The zero-order chi connectivity index (χ0) is 17.1. The SMILES string of the molecule is Cc1cccc(OCN=[N+]=[N-])c1-c1ccc2nc(C)c(O)cc2c1. The van der Waals surface area contributed by atoms with Gasteiger partial charge in [-0.15, -0.1) is 0 Å². The molecule has 6 heteroatoms. The van der Waals surface area contributed by atoms with E-state index in [1.807, 2.05) is 43.3 Å². The van der Waals surface area contributed by atoms with Crippen LogP contribution in [0, 0.1) is 13.8 Å². The lowest BCUT2D eigenvalue weighted by atomic mass is 9.98. The molecule has 6 nitrogen and oxygen atoms in total. The maximum atomic E-state index is 9.90. The predicted molar refractivity (Wildman–Crippen MR) is 93.0 cm³/mol. The Labute approximate surface area is 139 Å². The first-order valence-corrected chi connectivity index (χ1v) is 7.44. The van der Waals surface area contributed by atoms with Crippen LogP contribution in [-0.2, 0) is 0 Å². The van der Waals surface area contributed by atoms with Crippen molar-refractivity contribution in [3.63, 3.8) is 0 Å². The third-order valence-corrected chi connectivity index (χ3v) is 3.84. The van der Waals surface area contributed by atoms with Crippen molar-refractivity contribution in [2.24, 2.45) is 5.11 Å². The molecule has 24 heavy (non-hydrogen) atoms. The summed E-state index contributed by atoms with van der Waals surface area (Å²) in [7, 11) is 0. The Morgan fingerprint density at radius 1 is 1.21 bits per heavy atom. The topological polar surface area (TPSA) is 91.1 Å². The molecule has 2 aromatic carbocycles. The fourth-order valence-electron chi connectivity index (χ4n) is 2.67. The monoisotopic (exact) mass is 320 g/mol. The van der Waals surface area contributed by atoms with Crippen LogP contribution in [0.25, 0.3) is 32.5 Å². The molecule has 0 aliphatic heterocycles. The van der Waals surface area contributed by atoms with Gasteiger partial charge in [0.25, 0.3) is 0 Å². The maximum Gasteiger partial charge on any atom is 0.167 e. The summed E-state index contributed by atoms with van der Waals surface area (Å²) in [5, 5.41) is 14.2. The Bertz CT molecular complexity index is 963. The number of rotatable bonds is 4. The van der Waals surface area contributed by atoms with E-state index in [1.165, 1.54) is 0 Å². The Hall–Kier alpha value is -3.24. The number of aromatic hydroxyl groups is 1. The molecular weight excluding hydrogens is 304 g/mol. The van der Waals surface area contributed by atoms with Crippen LogP contribution in [0.3, 0.4) is 0 Å². The highest BCUT2D eigenvalue weighted by molar-refractivity contribution is 5.87. The van der Waals surface area contributed by atoms with Gasteiger partial charge < -0.3 is 9.84 Å². The van der Waals surface area contributed by atoms with Crippen LogP contribution in [-0.4, -0.2) is 16.8 Å². The first-order chi connectivity index (χ1) is 11.6. The van der Waals surface area contributed by atoms with Crippen molar-refractivity contribution in [2.75, 3.05) is 6.73 Å². The van der Waals surface area contributed by atoms with Gasteiger partial charge in [-0.3, -0.25) is 0 Å². The normalized spacial score (nSPS) is 10.4. The van der Waals surface area contributed by atoms with Crippen LogP contribution in [0.4, 0.5) is 0 Å². The van der Waals surface area contributed by atoms with E-state index in [4.69, 9.17) is 10.3 Å². The van der Waals surface area contributed by atoms with E-state index in [2.05, 4.69) is 15.0 Å². The summed E-state index contributed by atoms with van der Waals surface area (Å²) < 4.78 is 5.58. The van der Waals surface area contributed by atoms with E-state index < -0.39 is 0 Å². The van der Waals surface area contributed by atoms with Gasteiger partial charge in [0, 0.05) is 15.9 Å². The molecule has 3 aromatic rings. The predicted octanol–water partition coefficient (Wildman–Crippen LogP) is 4.87. The van der Waals surface area contributed by atoms with Gasteiger partial charge in [-0.2, -0.15) is 0 Å². The molecule has 0 saturated carbocycles. The lowest BCUT2D eigenvalue weighted by Gasteiger charge is -2.14. The minimum atomic E-state index is -0.0674. The Morgan fingerprint density at radius 3 is 2.83 bits per heavy atom. The molecule has 0 aliphatic carbocycles. The zero-order valence-corrected chi connectivity index (χ0v) is 13.4.